The topological polar surface area (TPSA) is 71.4 Å². The summed E-state index contributed by atoms with van der Waals surface area (Å²) < 4.78 is 2.12. The van der Waals surface area contributed by atoms with E-state index in [0.717, 1.165) is 15.6 Å². The molecule has 7 heteroatoms. The molecule has 0 radical (unpaired) electrons. The molecule has 2 amide bonds. The number of carbonyl (C=O) groups excluding carboxylic acids is 2. The summed E-state index contributed by atoms with van der Waals surface area (Å²) >= 11 is 3.35. The van der Waals surface area contributed by atoms with Crippen LogP contribution in [0.25, 0.3) is 0 Å². The molecular weight excluding hydrogens is 458 g/mol. The molecular formula is C24H24BrN3O3. The number of hydrogen-bond acceptors (Lipinski definition) is 3. The summed E-state index contributed by atoms with van der Waals surface area (Å²) in [4.78, 5) is 38.7. The quantitative estimate of drug-likeness (QED) is 0.544. The Morgan fingerprint density at radius 1 is 1.06 bits per heavy atom. The normalized spacial score (nSPS) is 11.6. The highest BCUT2D eigenvalue weighted by molar-refractivity contribution is 9.10. The number of carbonyl (C=O) groups is 2. The van der Waals surface area contributed by atoms with Gasteiger partial charge in [-0.1, -0.05) is 42.5 Å². The zero-order valence-corrected chi connectivity index (χ0v) is 19.0. The van der Waals surface area contributed by atoms with Crippen LogP contribution in [-0.4, -0.2) is 21.3 Å². The minimum absolute atomic E-state index is 0.0686. The number of anilines is 1. The molecule has 0 fully saturated rings. The maximum Gasteiger partial charge on any atom is 0.251 e. The zero-order valence-electron chi connectivity index (χ0n) is 17.4. The molecule has 0 spiro atoms. The van der Waals surface area contributed by atoms with Gasteiger partial charge >= 0.3 is 0 Å². The van der Waals surface area contributed by atoms with E-state index in [0.29, 0.717) is 12.2 Å². The second kappa shape index (κ2) is 10.2. The number of nitrogens with zero attached hydrogens (tertiary/aromatic N) is 2. The van der Waals surface area contributed by atoms with Crippen molar-refractivity contribution in [2.45, 2.75) is 33.0 Å². The second-order valence-electron chi connectivity index (χ2n) is 7.30. The Bertz CT molecular complexity index is 1130. The van der Waals surface area contributed by atoms with Gasteiger partial charge in [-0.25, -0.2) is 0 Å². The van der Waals surface area contributed by atoms with Crippen molar-refractivity contribution in [1.82, 2.24) is 9.47 Å². The molecule has 0 aliphatic rings. The van der Waals surface area contributed by atoms with Crippen LogP contribution in [0.5, 0.6) is 0 Å². The average Bonchev–Trinajstić information content (AvgIpc) is 2.74. The van der Waals surface area contributed by atoms with E-state index in [4.69, 9.17) is 0 Å². The zero-order chi connectivity index (χ0) is 22.4. The standard InChI is InChI=1S/C24H24BrN3O3/c1-17(20-9-6-10-22(13-20)26-18(2)29)28(14-19-7-4-3-5-8-19)24(31)16-27-15-21(25)11-12-23(27)30/h3-13,15,17H,14,16H2,1-2H3,(H,26,29). The van der Waals surface area contributed by atoms with Gasteiger partial charge in [-0.05, 0) is 52.2 Å². The molecule has 0 saturated carbocycles. The Labute approximate surface area is 189 Å². The van der Waals surface area contributed by atoms with E-state index < -0.39 is 0 Å². The average molecular weight is 482 g/mol. The van der Waals surface area contributed by atoms with E-state index in [2.05, 4.69) is 21.2 Å². The molecule has 0 saturated heterocycles. The number of benzene rings is 2. The fourth-order valence-corrected chi connectivity index (χ4v) is 3.72. The number of nitrogens with one attached hydrogen (secondary N) is 1. The van der Waals surface area contributed by atoms with Crippen LogP contribution >= 0.6 is 15.9 Å². The Morgan fingerprint density at radius 3 is 2.52 bits per heavy atom. The van der Waals surface area contributed by atoms with Crippen LogP contribution in [0.3, 0.4) is 0 Å². The van der Waals surface area contributed by atoms with E-state index in [1.54, 1.807) is 17.2 Å². The maximum atomic E-state index is 13.3. The first-order valence-corrected chi connectivity index (χ1v) is 10.7. The summed E-state index contributed by atoms with van der Waals surface area (Å²) in [5, 5.41) is 2.78. The number of rotatable bonds is 7. The SMILES string of the molecule is CC(=O)Nc1cccc(C(C)N(Cc2ccccc2)C(=O)Cn2cc(Br)ccc2=O)c1. The molecule has 1 atom stereocenters. The Kier molecular flexibility index (Phi) is 7.41. The Balaban J connectivity index is 1.92. The first-order chi connectivity index (χ1) is 14.8. The predicted molar refractivity (Wildman–Crippen MR) is 125 cm³/mol. The lowest BCUT2D eigenvalue weighted by Gasteiger charge is -2.30. The number of amides is 2. The van der Waals surface area contributed by atoms with Gasteiger partial charge in [0.15, 0.2) is 0 Å². The largest absolute Gasteiger partial charge is 0.330 e. The van der Waals surface area contributed by atoms with Gasteiger partial charge in [-0.3, -0.25) is 14.4 Å². The lowest BCUT2D eigenvalue weighted by Crippen LogP contribution is -2.37. The molecule has 1 N–H and O–H groups in total. The first kappa shape index (κ1) is 22.5. The van der Waals surface area contributed by atoms with Crippen LogP contribution in [-0.2, 0) is 22.7 Å². The summed E-state index contributed by atoms with van der Waals surface area (Å²) in [6, 6.07) is 20.0. The van der Waals surface area contributed by atoms with Crippen molar-refractivity contribution in [2.75, 3.05) is 5.32 Å². The molecule has 0 bridgehead atoms. The summed E-state index contributed by atoms with van der Waals surface area (Å²) in [7, 11) is 0. The highest BCUT2D eigenvalue weighted by atomic mass is 79.9. The van der Waals surface area contributed by atoms with E-state index in [-0.39, 0.29) is 30.0 Å². The molecule has 1 aromatic heterocycles. The van der Waals surface area contributed by atoms with Gasteiger partial charge in [-0.15, -0.1) is 0 Å². The van der Waals surface area contributed by atoms with Crippen LogP contribution in [0.2, 0.25) is 0 Å². The summed E-state index contributed by atoms with van der Waals surface area (Å²) in [5.74, 6) is -0.336. The summed E-state index contributed by atoms with van der Waals surface area (Å²) in [6.45, 7) is 3.73. The maximum absolute atomic E-state index is 13.3. The minimum atomic E-state index is -0.274. The molecule has 31 heavy (non-hydrogen) atoms. The Morgan fingerprint density at radius 2 is 1.81 bits per heavy atom. The fourth-order valence-electron chi connectivity index (χ4n) is 3.34. The number of pyridine rings is 1. The van der Waals surface area contributed by atoms with Gasteiger partial charge in [0.1, 0.15) is 6.54 Å². The molecule has 6 nitrogen and oxygen atoms in total. The summed E-state index contributed by atoms with van der Waals surface area (Å²) in [5.41, 5.74) is 2.31. The van der Waals surface area contributed by atoms with Crippen LogP contribution < -0.4 is 10.9 Å². The van der Waals surface area contributed by atoms with Crippen molar-refractivity contribution in [3.05, 3.63) is 98.9 Å². The van der Waals surface area contributed by atoms with Crippen molar-refractivity contribution in [2.24, 2.45) is 0 Å². The number of halogens is 1. The number of hydrogen-bond donors (Lipinski definition) is 1. The number of aromatic nitrogens is 1. The fraction of sp³-hybridized carbons (Fsp3) is 0.208. The van der Waals surface area contributed by atoms with Crippen molar-refractivity contribution in [1.29, 1.82) is 0 Å². The second-order valence-corrected chi connectivity index (χ2v) is 8.22. The molecule has 2 aromatic carbocycles. The molecule has 1 unspecified atom stereocenters. The molecule has 3 aromatic rings. The van der Waals surface area contributed by atoms with Gasteiger partial charge in [-0.2, -0.15) is 0 Å². The van der Waals surface area contributed by atoms with E-state index in [9.17, 15) is 14.4 Å². The Hall–Kier alpha value is -3.19. The predicted octanol–water partition coefficient (Wildman–Crippen LogP) is 4.36. The minimum Gasteiger partial charge on any atom is -0.330 e. The third kappa shape index (κ3) is 6.15. The first-order valence-electron chi connectivity index (χ1n) is 9.90. The van der Waals surface area contributed by atoms with Crippen LogP contribution in [0.15, 0.2) is 82.2 Å². The van der Waals surface area contributed by atoms with Gasteiger partial charge < -0.3 is 14.8 Å². The van der Waals surface area contributed by atoms with Gasteiger partial charge in [0.25, 0.3) is 5.56 Å². The van der Waals surface area contributed by atoms with E-state index >= 15 is 0 Å². The lowest BCUT2D eigenvalue weighted by molar-refractivity contribution is -0.134. The van der Waals surface area contributed by atoms with Gasteiger partial charge in [0.05, 0.1) is 6.04 Å². The monoisotopic (exact) mass is 481 g/mol. The van der Waals surface area contributed by atoms with Crippen LogP contribution in [0, 0.1) is 0 Å². The molecule has 0 aliphatic carbocycles. The van der Waals surface area contributed by atoms with Crippen molar-refractivity contribution in [3.8, 4) is 0 Å². The van der Waals surface area contributed by atoms with E-state index in [1.807, 2.05) is 61.5 Å². The summed E-state index contributed by atoms with van der Waals surface area (Å²) in [6.07, 6.45) is 1.61. The van der Waals surface area contributed by atoms with Gasteiger partial charge in [0, 0.05) is 35.9 Å². The third-order valence-electron chi connectivity index (χ3n) is 4.93. The molecule has 160 valence electrons. The molecule has 0 aliphatic heterocycles. The van der Waals surface area contributed by atoms with Crippen LogP contribution in [0.4, 0.5) is 5.69 Å². The molecule has 3 rings (SSSR count). The van der Waals surface area contributed by atoms with Crippen molar-refractivity contribution >= 4 is 33.4 Å². The van der Waals surface area contributed by atoms with Gasteiger partial charge in [0.2, 0.25) is 11.8 Å². The van der Waals surface area contributed by atoms with E-state index in [1.165, 1.54) is 17.6 Å². The van der Waals surface area contributed by atoms with Crippen LogP contribution in [0.1, 0.15) is 31.0 Å². The van der Waals surface area contributed by atoms with Crippen molar-refractivity contribution in [3.63, 3.8) is 0 Å². The molecule has 1 heterocycles. The lowest BCUT2D eigenvalue weighted by atomic mass is 10.0. The van der Waals surface area contributed by atoms with Crippen molar-refractivity contribution < 1.29 is 9.59 Å². The highest BCUT2D eigenvalue weighted by Gasteiger charge is 2.23. The highest BCUT2D eigenvalue weighted by Crippen LogP contribution is 2.25. The smallest absolute Gasteiger partial charge is 0.251 e. The third-order valence-corrected chi connectivity index (χ3v) is 5.40.